The third-order valence-electron chi connectivity index (χ3n) is 11.9. The van der Waals surface area contributed by atoms with Crippen LogP contribution in [-0.2, 0) is 0 Å². The van der Waals surface area contributed by atoms with Gasteiger partial charge in [0.2, 0.25) is 0 Å². The number of hydrogen-bond donors (Lipinski definition) is 0. The third-order valence-corrected chi connectivity index (χ3v) is 11.9. The molecule has 3 aromatic heterocycles. The van der Waals surface area contributed by atoms with Crippen molar-refractivity contribution in [2.24, 2.45) is 0 Å². The molecule has 0 N–H and O–H groups in total. The molecule has 0 saturated carbocycles. The zero-order chi connectivity index (χ0) is 41.0. The largest absolute Gasteiger partial charge is 0.456 e. The molecule has 0 aliphatic rings. The number of aromatic nitrogens is 4. The second kappa shape index (κ2) is 14.7. The molecule has 0 spiro atoms. The van der Waals surface area contributed by atoms with Crippen molar-refractivity contribution in [1.29, 1.82) is 0 Å². The fourth-order valence-electron chi connectivity index (χ4n) is 8.83. The van der Waals surface area contributed by atoms with E-state index in [1.54, 1.807) is 0 Å². The van der Waals surface area contributed by atoms with E-state index in [-0.39, 0.29) is 0 Å². The molecule has 0 atom stereocenters. The summed E-state index contributed by atoms with van der Waals surface area (Å²) in [6, 6.07) is 76.2. The maximum absolute atomic E-state index is 6.64. The van der Waals surface area contributed by atoms with Crippen LogP contribution in [0.3, 0.4) is 0 Å². The highest BCUT2D eigenvalue weighted by Crippen LogP contribution is 2.42. The molecule has 12 rings (SSSR count). The zero-order valence-electron chi connectivity index (χ0n) is 33.5. The fourth-order valence-corrected chi connectivity index (χ4v) is 8.83. The minimum absolute atomic E-state index is 0.611. The molecule has 0 radical (unpaired) electrons. The predicted molar refractivity (Wildman–Crippen MR) is 254 cm³/mol. The van der Waals surface area contributed by atoms with Crippen molar-refractivity contribution in [2.75, 3.05) is 0 Å². The summed E-state index contributed by atoms with van der Waals surface area (Å²) >= 11 is 0. The second-order valence-electron chi connectivity index (χ2n) is 15.6. The lowest BCUT2D eigenvalue weighted by molar-refractivity contribution is 0.669. The molecular formula is C57H36N4O. The predicted octanol–water partition coefficient (Wildman–Crippen LogP) is 14.9. The van der Waals surface area contributed by atoms with E-state index in [2.05, 4.69) is 211 Å². The van der Waals surface area contributed by atoms with Gasteiger partial charge in [0.15, 0.2) is 17.5 Å². The lowest BCUT2D eigenvalue weighted by atomic mass is 9.97. The highest BCUT2D eigenvalue weighted by atomic mass is 16.3. The number of para-hydroxylation sites is 2. The molecule has 0 fully saturated rings. The normalized spacial score (nSPS) is 11.5. The topological polar surface area (TPSA) is 56.7 Å². The maximum atomic E-state index is 6.64. The molecule has 0 amide bonds. The highest BCUT2D eigenvalue weighted by Gasteiger charge is 2.19. The van der Waals surface area contributed by atoms with E-state index in [1.165, 1.54) is 16.3 Å². The van der Waals surface area contributed by atoms with Gasteiger partial charge in [-0.15, -0.1) is 0 Å². The Labute approximate surface area is 357 Å². The Morgan fingerprint density at radius 2 is 0.774 bits per heavy atom. The zero-order valence-corrected chi connectivity index (χ0v) is 33.5. The number of benzene rings is 9. The summed E-state index contributed by atoms with van der Waals surface area (Å²) in [6.45, 7) is 0. The Hall–Kier alpha value is -8.41. The highest BCUT2D eigenvalue weighted by molar-refractivity contribution is 6.20. The fraction of sp³-hybridized carbons (Fsp3) is 0. The van der Waals surface area contributed by atoms with Gasteiger partial charge in [-0.3, -0.25) is 0 Å². The van der Waals surface area contributed by atoms with Gasteiger partial charge in [-0.25, -0.2) is 15.0 Å². The van der Waals surface area contributed by atoms with Gasteiger partial charge in [0.1, 0.15) is 11.2 Å². The van der Waals surface area contributed by atoms with E-state index >= 15 is 0 Å². The Morgan fingerprint density at radius 3 is 1.34 bits per heavy atom. The Bertz CT molecular complexity index is 3480. The Balaban J connectivity index is 0.954. The summed E-state index contributed by atoms with van der Waals surface area (Å²) in [5.74, 6) is 1.85. The van der Waals surface area contributed by atoms with E-state index in [4.69, 9.17) is 19.4 Å². The van der Waals surface area contributed by atoms with Crippen molar-refractivity contribution < 1.29 is 4.42 Å². The van der Waals surface area contributed by atoms with Crippen LogP contribution in [0.25, 0.3) is 117 Å². The lowest BCUT2D eigenvalue weighted by Crippen LogP contribution is -2.00. The summed E-state index contributed by atoms with van der Waals surface area (Å²) in [4.78, 5) is 15.2. The smallest absolute Gasteiger partial charge is 0.164 e. The summed E-state index contributed by atoms with van der Waals surface area (Å²) < 4.78 is 8.97. The Morgan fingerprint density at radius 1 is 0.306 bits per heavy atom. The molecule has 5 heteroatoms. The van der Waals surface area contributed by atoms with Gasteiger partial charge in [0.05, 0.1) is 11.0 Å². The monoisotopic (exact) mass is 792 g/mol. The van der Waals surface area contributed by atoms with Crippen LogP contribution in [0.2, 0.25) is 0 Å². The number of rotatable bonds is 7. The summed E-state index contributed by atoms with van der Waals surface area (Å²) in [5.41, 5.74) is 14.7. The minimum atomic E-state index is 0.611. The van der Waals surface area contributed by atoms with Crippen molar-refractivity contribution in [3.63, 3.8) is 0 Å². The van der Waals surface area contributed by atoms with Gasteiger partial charge in [-0.05, 0) is 63.7 Å². The summed E-state index contributed by atoms with van der Waals surface area (Å²) in [6.07, 6.45) is 0. The van der Waals surface area contributed by atoms with Crippen molar-refractivity contribution in [3.05, 3.63) is 218 Å². The average molecular weight is 793 g/mol. The summed E-state index contributed by atoms with van der Waals surface area (Å²) in [7, 11) is 0. The molecule has 62 heavy (non-hydrogen) atoms. The molecule has 3 heterocycles. The first-order chi connectivity index (χ1) is 30.7. The third kappa shape index (κ3) is 6.14. The lowest BCUT2D eigenvalue weighted by Gasteiger charge is -2.10. The molecule has 0 bridgehead atoms. The van der Waals surface area contributed by atoms with Crippen molar-refractivity contribution in [2.45, 2.75) is 0 Å². The van der Waals surface area contributed by atoms with E-state index in [0.717, 1.165) is 83.2 Å². The van der Waals surface area contributed by atoms with Crippen LogP contribution in [0.15, 0.2) is 223 Å². The van der Waals surface area contributed by atoms with E-state index < -0.39 is 0 Å². The van der Waals surface area contributed by atoms with E-state index in [0.29, 0.717) is 17.5 Å². The first-order valence-corrected chi connectivity index (χ1v) is 20.8. The van der Waals surface area contributed by atoms with Crippen LogP contribution >= 0.6 is 0 Å². The number of nitrogens with zero attached hydrogens (tertiary/aromatic N) is 4. The standard InChI is InChI=1S/C57H36N4O/c1-4-13-37(14-5-1)39-23-29-42(30-24-39)55-58-56(43-31-25-40(26-32-43)38-15-6-2-7-16-38)60-57(59-55)44-33-27-41(28-34-44)46-20-12-22-52-54(46)49-35-48-47-19-10-11-21-50(47)61(45-17-8-3-9-18-45)51(48)36-53(49)62-52/h1-36H. The average Bonchev–Trinajstić information content (AvgIpc) is 3.89. The van der Waals surface area contributed by atoms with Gasteiger partial charge < -0.3 is 8.98 Å². The van der Waals surface area contributed by atoms with Crippen LogP contribution in [0, 0.1) is 0 Å². The van der Waals surface area contributed by atoms with Crippen LogP contribution in [-0.4, -0.2) is 19.5 Å². The number of fused-ring (bicyclic) bond motifs is 6. The van der Waals surface area contributed by atoms with Crippen LogP contribution < -0.4 is 0 Å². The minimum Gasteiger partial charge on any atom is -0.456 e. The SMILES string of the molecule is c1ccc(-c2ccc(-c3nc(-c4ccc(-c5ccccc5)cc4)nc(-c4ccc(-c5cccc6oc7cc8c(cc7c56)c5ccccc5n8-c5ccccc5)cc4)n3)cc2)cc1. The van der Waals surface area contributed by atoms with E-state index in [9.17, 15) is 0 Å². The molecule has 290 valence electrons. The molecule has 0 unspecified atom stereocenters. The van der Waals surface area contributed by atoms with Crippen molar-refractivity contribution in [1.82, 2.24) is 19.5 Å². The summed E-state index contributed by atoms with van der Waals surface area (Å²) in [5, 5.41) is 4.58. The van der Waals surface area contributed by atoms with Crippen LogP contribution in [0.4, 0.5) is 0 Å². The Kier molecular flexibility index (Phi) is 8.42. The van der Waals surface area contributed by atoms with Gasteiger partial charge in [-0.1, -0.05) is 182 Å². The number of hydrogen-bond acceptors (Lipinski definition) is 4. The molecule has 9 aromatic carbocycles. The van der Waals surface area contributed by atoms with Crippen molar-refractivity contribution in [3.8, 4) is 73.2 Å². The first-order valence-electron chi connectivity index (χ1n) is 20.8. The number of furan rings is 1. The van der Waals surface area contributed by atoms with Gasteiger partial charge in [0, 0.05) is 50.0 Å². The first kappa shape index (κ1) is 35.5. The second-order valence-corrected chi connectivity index (χ2v) is 15.6. The van der Waals surface area contributed by atoms with Gasteiger partial charge in [0.25, 0.3) is 0 Å². The quantitative estimate of drug-likeness (QED) is 0.161. The molecule has 5 nitrogen and oxygen atoms in total. The molecule has 0 saturated heterocycles. The molecule has 0 aliphatic carbocycles. The van der Waals surface area contributed by atoms with Crippen molar-refractivity contribution >= 4 is 43.7 Å². The van der Waals surface area contributed by atoms with Gasteiger partial charge >= 0.3 is 0 Å². The van der Waals surface area contributed by atoms with Crippen LogP contribution in [0.5, 0.6) is 0 Å². The molecule has 12 aromatic rings. The van der Waals surface area contributed by atoms with Crippen LogP contribution in [0.1, 0.15) is 0 Å². The molecular weight excluding hydrogens is 757 g/mol. The van der Waals surface area contributed by atoms with Gasteiger partial charge in [-0.2, -0.15) is 0 Å². The maximum Gasteiger partial charge on any atom is 0.164 e. The van der Waals surface area contributed by atoms with E-state index in [1.807, 2.05) is 12.1 Å². The molecule has 0 aliphatic heterocycles.